The third-order valence-corrected chi connectivity index (χ3v) is 14.5. The summed E-state index contributed by atoms with van der Waals surface area (Å²) in [6.07, 6.45) is -13.1. The molecule has 1 aromatic heterocycles. The second kappa shape index (κ2) is 26.1. The molecule has 0 unspecified atom stereocenters. The number of hydrogen-bond acceptors (Lipinski definition) is 14. The summed E-state index contributed by atoms with van der Waals surface area (Å²) in [4.78, 5) is 62.2. The number of amides is 4. The number of ether oxygens (including phenoxy) is 3. The predicted molar refractivity (Wildman–Crippen MR) is 272 cm³/mol. The Morgan fingerprint density at radius 3 is 1.83 bits per heavy atom. The van der Waals surface area contributed by atoms with Crippen LogP contribution in [0.5, 0.6) is 0 Å². The highest BCUT2D eigenvalue weighted by atomic mass is 19.4. The summed E-state index contributed by atoms with van der Waals surface area (Å²) in [6.45, 7) is 2.20. The van der Waals surface area contributed by atoms with Crippen LogP contribution in [0.3, 0.4) is 0 Å². The molecule has 3 saturated heterocycles. The predicted octanol–water partition coefficient (Wildman–Crippen LogP) is 5.77. The van der Waals surface area contributed by atoms with Crippen molar-refractivity contribution in [1.29, 1.82) is 5.41 Å². The molecule has 7 N–H and O–H groups in total. The molecule has 18 nitrogen and oxygen atoms in total. The number of nitrogens with zero attached hydrogens (tertiary/aromatic N) is 4. The average molecular weight is 1160 g/mol. The number of rotatable bonds is 21. The van der Waals surface area contributed by atoms with Crippen molar-refractivity contribution in [3.05, 3.63) is 106 Å². The lowest BCUT2D eigenvalue weighted by molar-refractivity contribution is -0.221. The number of likely N-dealkylation sites (tertiary alicyclic amines) is 1. The number of alkyl carbamates (subject to hydrolysis) is 2. The first-order chi connectivity index (χ1) is 37.9. The number of allylic oxidation sites excluding steroid dienone is 1. The van der Waals surface area contributed by atoms with E-state index in [0.29, 0.717) is 80.0 Å². The molecule has 442 valence electrons. The number of alkyl halides is 8. The molecule has 6 rings (SSSR count). The van der Waals surface area contributed by atoms with Crippen molar-refractivity contribution >= 4 is 35.5 Å². The number of benzene rings is 2. The highest BCUT2D eigenvalue weighted by molar-refractivity contribution is 6.06. The van der Waals surface area contributed by atoms with E-state index in [2.05, 4.69) is 41.4 Å². The van der Waals surface area contributed by atoms with Crippen molar-refractivity contribution < 1.29 is 82.4 Å². The fraction of sp³-hybridized carbons (Fsp3) is 0.509. The smallest absolute Gasteiger partial charge is 0.407 e. The lowest BCUT2D eigenvalue weighted by Gasteiger charge is -2.38. The Morgan fingerprint density at radius 1 is 0.815 bits per heavy atom. The van der Waals surface area contributed by atoms with Crippen LogP contribution in [0, 0.1) is 51.6 Å². The van der Waals surface area contributed by atoms with E-state index < -0.39 is 126 Å². The van der Waals surface area contributed by atoms with Gasteiger partial charge >= 0.3 is 31.1 Å². The van der Waals surface area contributed by atoms with Crippen LogP contribution < -0.4 is 31.6 Å². The molecule has 3 aliphatic heterocycles. The fourth-order valence-electron chi connectivity index (χ4n) is 9.22. The van der Waals surface area contributed by atoms with Gasteiger partial charge in [-0.25, -0.2) is 28.4 Å². The van der Waals surface area contributed by atoms with Gasteiger partial charge in [0.05, 0.1) is 62.2 Å². The Bertz CT molecular complexity index is 2790. The lowest BCUT2D eigenvalue weighted by Crippen LogP contribution is -2.63. The van der Waals surface area contributed by atoms with Crippen molar-refractivity contribution in [3.8, 4) is 11.8 Å². The van der Waals surface area contributed by atoms with Crippen molar-refractivity contribution in [2.45, 2.75) is 89.8 Å². The van der Waals surface area contributed by atoms with E-state index in [1.165, 1.54) is 24.3 Å². The van der Waals surface area contributed by atoms with Crippen LogP contribution in [0.4, 0.5) is 59.3 Å². The van der Waals surface area contributed by atoms with Crippen molar-refractivity contribution in [1.82, 2.24) is 41.6 Å². The number of methoxy groups -OCH3 is 2. The molecule has 4 heterocycles. The molecular weight excluding hydrogens is 1090 g/mol. The Morgan fingerprint density at radius 2 is 1.35 bits per heavy atom. The van der Waals surface area contributed by atoms with Crippen LogP contribution in [-0.4, -0.2) is 159 Å². The number of hydrazine groups is 1. The Kier molecular flexibility index (Phi) is 20.3. The average Bonchev–Trinajstić information content (AvgIpc) is 4.04. The number of aliphatic hydroxyl groups is 1. The van der Waals surface area contributed by atoms with Gasteiger partial charge in [-0.05, 0) is 94.0 Å². The zero-order valence-corrected chi connectivity index (χ0v) is 44.7. The maximum atomic E-state index is 15.9. The second-order valence-corrected chi connectivity index (χ2v) is 20.9. The summed E-state index contributed by atoms with van der Waals surface area (Å²) >= 11 is 0. The van der Waals surface area contributed by atoms with E-state index in [4.69, 9.17) is 10.1 Å². The summed E-state index contributed by atoms with van der Waals surface area (Å²) in [5, 5.41) is 28.1. The van der Waals surface area contributed by atoms with E-state index in [9.17, 15) is 59.4 Å². The Hall–Kier alpha value is -7.22. The quantitative estimate of drug-likeness (QED) is 0.0222. The summed E-state index contributed by atoms with van der Waals surface area (Å²) < 4.78 is 159. The molecule has 6 atom stereocenters. The molecule has 3 aliphatic rings. The van der Waals surface area contributed by atoms with Crippen LogP contribution in [0.2, 0.25) is 0 Å². The zero-order valence-electron chi connectivity index (χ0n) is 44.7. The molecule has 0 aliphatic carbocycles. The highest BCUT2D eigenvalue weighted by Gasteiger charge is 2.57. The van der Waals surface area contributed by atoms with Gasteiger partial charge in [-0.2, -0.15) is 35.1 Å². The number of aliphatic hydroxyl groups excluding tert-OH is 1. The molecule has 2 aromatic carbocycles. The summed E-state index contributed by atoms with van der Waals surface area (Å²) in [7, 11) is 1.59. The Labute approximate surface area is 459 Å². The first-order valence-corrected chi connectivity index (χ1v) is 25.2. The summed E-state index contributed by atoms with van der Waals surface area (Å²) in [6, 6.07) is 4.57. The zero-order chi connectivity index (χ0) is 59.8. The van der Waals surface area contributed by atoms with Gasteiger partial charge < -0.3 is 50.9 Å². The van der Waals surface area contributed by atoms with Crippen molar-refractivity contribution in [3.63, 3.8) is 0 Å². The maximum Gasteiger partial charge on any atom is 0.407 e. The second-order valence-electron chi connectivity index (χ2n) is 20.9. The number of nitrogens with one attached hydrogen (secondary N) is 6. The maximum absolute atomic E-state index is 15.9. The van der Waals surface area contributed by atoms with E-state index in [-0.39, 0.29) is 5.56 Å². The molecule has 4 amide bonds. The molecule has 81 heavy (non-hydrogen) atoms. The molecule has 28 heteroatoms. The minimum absolute atomic E-state index is 0.265. The third-order valence-electron chi connectivity index (χ3n) is 14.5. The summed E-state index contributed by atoms with van der Waals surface area (Å²) in [5.41, 5.74) is -5.01. The van der Waals surface area contributed by atoms with Crippen LogP contribution in [0.15, 0.2) is 67.0 Å². The number of carbonyl (C=O) groups excluding carboxylic acids is 4. The van der Waals surface area contributed by atoms with Gasteiger partial charge in [-0.1, -0.05) is 24.0 Å². The van der Waals surface area contributed by atoms with Crippen LogP contribution in [0.1, 0.15) is 55.5 Å². The van der Waals surface area contributed by atoms with E-state index >= 15 is 8.78 Å². The highest BCUT2D eigenvalue weighted by Crippen LogP contribution is 2.42. The van der Waals surface area contributed by atoms with Crippen LogP contribution in [0.25, 0.3) is 0 Å². The monoisotopic (exact) mass is 1160 g/mol. The first kappa shape index (κ1) is 63.0. The van der Waals surface area contributed by atoms with Crippen molar-refractivity contribution in [2.75, 3.05) is 65.1 Å². The molecule has 0 radical (unpaired) electrons. The lowest BCUT2D eigenvalue weighted by atomic mass is 9.82. The number of hydrogen-bond donors (Lipinski definition) is 7. The number of anilines is 1. The standard InChI is InChI=1S/C53H62F10N10O8/c1-50(2,52(58,59)60)43(68-48(77)79-5)45(75)67-40(17-30-10-7-29(8-11-30)9-12-31-13-14-42(66-20-31)72-23-33-21-71(22-34(33)24-72)35-27-81-28-35)41(74)26-73(70-46(76)44(69-49(78)80-6)51(3,4)53(61,62)63)25-36-37(54)18-32(19-38(36)55)39(64)15-16-65-47(56)57/h7-8,10-11,13-16,18-20,33-35,40-41,43-44,47,64-65,74H,17,21-28H2,1-6H3,(H,67,75)(H,68,77)(H,69,78)(H,70,76)/b16-15-,64-39?/t33-,34+,40-,41-,43+,44+/m0/s1. The van der Waals surface area contributed by atoms with Gasteiger partial charge in [0.15, 0.2) is 0 Å². The fourth-order valence-corrected chi connectivity index (χ4v) is 9.22. The third kappa shape index (κ3) is 15.8. The van der Waals surface area contributed by atoms with Gasteiger partial charge in [-0.3, -0.25) is 19.9 Å². The van der Waals surface area contributed by atoms with Gasteiger partial charge in [0.1, 0.15) is 29.5 Å². The summed E-state index contributed by atoms with van der Waals surface area (Å²) in [5.74, 6) is 1.71. The molecule has 3 fully saturated rings. The minimum Gasteiger partial charge on any atom is -0.453 e. The van der Waals surface area contributed by atoms with E-state index in [1.807, 2.05) is 22.9 Å². The van der Waals surface area contributed by atoms with E-state index in [0.717, 1.165) is 65.5 Å². The van der Waals surface area contributed by atoms with Gasteiger partial charge in [0.25, 0.3) is 5.91 Å². The molecule has 0 spiro atoms. The number of carbonyl (C=O) groups is 4. The van der Waals surface area contributed by atoms with Gasteiger partial charge in [-0.15, -0.1) is 0 Å². The number of fused-ring (bicyclic) bond motifs is 1. The largest absolute Gasteiger partial charge is 0.453 e. The number of halogens is 10. The SMILES string of the molecule is COC(=O)N[C@H](C(=O)N[C@@H](Cc1ccc(C#Cc2ccc(N3C[C@@H]4CN(C5COC5)C[C@@H]4C3)nc2)cc1)[C@@H](O)CN(Cc1c(F)cc(C(=N)/C=C\NC(F)F)cc1F)NC(=O)[C@@H](NC(=O)OC)C(C)(C)C(F)(F)F)C(C)(C)C(F)(F)F. The topological polar surface area (TPSA) is 223 Å². The molecular formula is C53H62F10N10O8. The van der Waals surface area contributed by atoms with Crippen molar-refractivity contribution in [2.24, 2.45) is 22.7 Å². The Balaban J connectivity index is 1.30. The first-order valence-electron chi connectivity index (χ1n) is 25.2. The van der Waals surface area contributed by atoms with E-state index in [1.54, 1.807) is 16.8 Å². The number of aromatic nitrogens is 1. The van der Waals surface area contributed by atoms with Crippen LogP contribution in [-0.2, 0) is 36.8 Å². The normalized spacial score (nSPS) is 18.5. The molecule has 3 aromatic rings. The number of pyridine rings is 1. The minimum atomic E-state index is -5.24. The van der Waals surface area contributed by atoms with Gasteiger partial charge in [0.2, 0.25) is 5.91 Å². The molecule has 0 saturated carbocycles. The van der Waals surface area contributed by atoms with Crippen LogP contribution >= 0.6 is 0 Å². The molecule has 0 bridgehead atoms. The van der Waals surface area contributed by atoms with Gasteiger partial charge in [0, 0.05) is 73.9 Å².